The Hall–Kier alpha value is -17.8. The lowest BCUT2D eigenvalue weighted by Gasteiger charge is -2.19. The minimum Gasteiger partial charge on any atom is -0.506 e. The van der Waals surface area contributed by atoms with Gasteiger partial charge in [-0.2, -0.15) is 0 Å². The van der Waals surface area contributed by atoms with Gasteiger partial charge in [-0.3, -0.25) is 57.5 Å². The number of aromatic hydroxyl groups is 4. The molecule has 130 heavy (non-hydrogen) atoms. The summed E-state index contributed by atoms with van der Waals surface area (Å²) in [5, 5.41) is 86.7. The summed E-state index contributed by atoms with van der Waals surface area (Å²) < 4.78 is 14.8. The molecule has 4 amide bonds. The number of carboxylic acid groups (broad SMARTS) is 4. The summed E-state index contributed by atoms with van der Waals surface area (Å²) in [6.07, 6.45) is 3.01. The standard InChI is InChI=1S/C25H20N2O7.C25H20N2O6.C23H24N2O6.C22H17N3O7/c28-21(29)14-26-24(31)22-23(30)19-13-18(34-17-9-5-2-6-10-17)11-12-20(19)27(25(22)32)33-15-16-7-3-1-4-8-16;28-21(29)14-26-24(31)22-23(30)19-8-4-5-9-20(19)27(25(22)32)33-15-16-10-12-18(13-11-16)17-6-2-1-3-7-17;1-23(2,3)15-10-8-14(9-11-15)13-31-25-17-7-5-4-6-16(17)20(28)19(22(25)30)21(29)24-12-18(26)27;26-17(27)11-24-20(29)18-19(28)15-3-1-2-4-16(15)25(22(18)30)32-12-13-5-7-14(8-6-13)21-23-9-10-31-21/h1-13,30H,14-15H2,(H,26,31)(H,28,29);1-13,30H,14-15H2,(H,26,31)(H,28,29);4-11,28H,12-13H2,1-3H3,(H,24,29)(H,26,27);1-10,28H,11-12H2,(H,24,29)(H,26,27). The molecule has 15 rings (SSSR count). The van der Waals surface area contributed by atoms with Gasteiger partial charge in [0.1, 0.15) is 93.4 Å². The molecule has 35 heteroatoms. The second-order valence-corrected chi connectivity index (χ2v) is 29.4. The second kappa shape index (κ2) is 41.6. The zero-order chi connectivity index (χ0) is 92.9. The molecule has 12 N–H and O–H groups in total. The van der Waals surface area contributed by atoms with E-state index in [0.29, 0.717) is 17.4 Å². The highest BCUT2D eigenvalue weighted by Gasteiger charge is 2.29. The third-order valence-corrected chi connectivity index (χ3v) is 19.4. The number of benzene rings is 10. The monoisotopic (exact) mass is 1760 g/mol. The fraction of sp³-hybridized carbons (Fsp3) is 0.126. The molecule has 0 bridgehead atoms. The number of oxazole rings is 1. The van der Waals surface area contributed by atoms with Gasteiger partial charge < -0.3 is 90.6 Å². The number of ether oxygens (including phenoxy) is 1. The molecule has 0 radical (unpaired) electrons. The Kier molecular flexibility index (Phi) is 29.2. The van der Waals surface area contributed by atoms with Gasteiger partial charge in [-0.15, -0.1) is 18.9 Å². The van der Waals surface area contributed by atoms with Gasteiger partial charge in [0.15, 0.2) is 22.3 Å². The normalized spacial score (nSPS) is 10.8. The summed E-state index contributed by atoms with van der Waals surface area (Å²) in [7, 11) is 0. The van der Waals surface area contributed by atoms with Crippen LogP contribution >= 0.6 is 0 Å². The molecule has 15 aromatic rings. The number of carbonyl (C=O) groups is 8. The fourth-order valence-electron chi connectivity index (χ4n) is 13.0. The first-order valence-electron chi connectivity index (χ1n) is 39.5. The van der Waals surface area contributed by atoms with Crippen LogP contribution in [-0.4, -0.2) is 138 Å². The van der Waals surface area contributed by atoms with Crippen molar-refractivity contribution >= 4 is 91.1 Å². The van der Waals surface area contributed by atoms with Crippen molar-refractivity contribution in [1.82, 2.24) is 45.2 Å². The Morgan fingerprint density at radius 1 is 0.338 bits per heavy atom. The van der Waals surface area contributed by atoms with Crippen molar-refractivity contribution in [2.24, 2.45) is 0 Å². The van der Waals surface area contributed by atoms with Crippen LogP contribution in [0.5, 0.6) is 34.5 Å². The third-order valence-electron chi connectivity index (χ3n) is 19.4. The van der Waals surface area contributed by atoms with E-state index in [4.69, 9.17) is 48.9 Å². The number of pyridine rings is 4. The Morgan fingerprint density at radius 3 is 0.985 bits per heavy atom. The van der Waals surface area contributed by atoms with E-state index in [2.05, 4.69) is 47.0 Å². The molecular weight excluding hydrogens is 1680 g/mol. The highest BCUT2D eigenvalue weighted by atomic mass is 16.7. The number of aliphatic carboxylic acids is 4. The lowest BCUT2D eigenvalue weighted by atomic mass is 9.87. The average molecular weight is 1760 g/mol. The largest absolute Gasteiger partial charge is 0.506 e. The predicted molar refractivity (Wildman–Crippen MR) is 472 cm³/mol. The van der Waals surface area contributed by atoms with Crippen molar-refractivity contribution in [2.45, 2.75) is 52.6 Å². The Labute approximate surface area is 735 Å². The van der Waals surface area contributed by atoms with Crippen LogP contribution in [-0.2, 0) is 51.0 Å². The topological polar surface area (TPSA) is 507 Å². The number of nitrogens with zero attached hydrogens (tertiary/aromatic N) is 5. The molecule has 0 unspecified atom stereocenters. The number of aromatic nitrogens is 5. The summed E-state index contributed by atoms with van der Waals surface area (Å²) in [5.41, 5.74) is 2.10. The molecule has 35 nitrogen and oxygen atoms in total. The molecule has 0 saturated carbocycles. The molecule has 0 spiro atoms. The number of carbonyl (C=O) groups excluding carboxylic acids is 4. The number of amides is 4. The number of hydrogen-bond donors (Lipinski definition) is 12. The van der Waals surface area contributed by atoms with Gasteiger partial charge in [-0.25, -0.2) is 4.98 Å². The number of carboxylic acids is 4. The van der Waals surface area contributed by atoms with Gasteiger partial charge in [0.05, 0.1) is 28.3 Å². The molecule has 0 fully saturated rings. The van der Waals surface area contributed by atoms with Crippen molar-refractivity contribution in [3.05, 3.63) is 359 Å². The summed E-state index contributed by atoms with van der Waals surface area (Å²) in [6, 6.07) is 74.2. The van der Waals surface area contributed by atoms with Gasteiger partial charge in [0.2, 0.25) is 5.89 Å². The molecule has 0 aliphatic carbocycles. The highest BCUT2D eigenvalue weighted by molar-refractivity contribution is 6.06. The van der Waals surface area contributed by atoms with Crippen molar-refractivity contribution in [2.75, 3.05) is 26.2 Å². The molecule has 0 atom stereocenters. The zero-order valence-corrected chi connectivity index (χ0v) is 69.2. The highest BCUT2D eigenvalue weighted by Crippen LogP contribution is 2.34. The molecule has 0 aliphatic heterocycles. The van der Waals surface area contributed by atoms with Crippen LogP contribution in [0.15, 0.2) is 291 Å². The average Bonchev–Trinajstić information content (AvgIpc) is 1.02. The van der Waals surface area contributed by atoms with Gasteiger partial charge in [-0.1, -0.05) is 197 Å². The number of fused-ring (bicyclic) bond motifs is 4. The Balaban J connectivity index is 0.000000157. The summed E-state index contributed by atoms with van der Waals surface area (Å²) in [5.74, 6) is -10.1. The van der Waals surface area contributed by atoms with E-state index in [-0.39, 0.29) is 75.5 Å². The van der Waals surface area contributed by atoms with Crippen molar-refractivity contribution in [1.29, 1.82) is 0 Å². The maximum absolute atomic E-state index is 13.1. The first-order valence-corrected chi connectivity index (χ1v) is 39.5. The maximum Gasteiger partial charge on any atom is 0.322 e. The van der Waals surface area contributed by atoms with Crippen LogP contribution < -0.4 is 67.6 Å². The number of para-hydroxylation sites is 4. The van der Waals surface area contributed by atoms with E-state index in [9.17, 15) is 78.0 Å². The van der Waals surface area contributed by atoms with E-state index in [0.717, 1.165) is 63.4 Å². The first-order chi connectivity index (χ1) is 62.4. The van der Waals surface area contributed by atoms with E-state index >= 15 is 0 Å². The van der Waals surface area contributed by atoms with Crippen LogP contribution in [0.1, 0.15) is 90.0 Å². The maximum atomic E-state index is 13.1. The van der Waals surface area contributed by atoms with E-state index in [1.807, 2.05) is 103 Å². The Morgan fingerprint density at radius 2 is 0.638 bits per heavy atom. The van der Waals surface area contributed by atoms with Crippen molar-refractivity contribution in [3.8, 4) is 57.1 Å². The van der Waals surface area contributed by atoms with Gasteiger partial charge >= 0.3 is 23.9 Å². The summed E-state index contributed by atoms with van der Waals surface area (Å²) in [6.45, 7) is 3.59. The Bertz CT molecular complexity index is 6980. The quantitative estimate of drug-likeness (QED) is 0.0217. The molecule has 10 aromatic carbocycles. The van der Waals surface area contributed by atoms with Crippen LogP contribution in [0, 0.1) is 0 Å². The third kappa shape index (κ3) is 22.2. The van der Waals surface area contributed by atoms with Gasteiger partial charge in [-0.05, 0) is 123 Å². The van der Waals surface area contributed by atoms with Crippen LogP contribution in [0.3, 0.4) is 0 Å². The van der Waals surface area contributed by atoms with E-state index in [1.165, 1.54) is 36.6 Å². The molecule has 5 aromatic heterocycles. The molecule has 0 aliphatic rings. The molecule has 5 heterocycles. The lowest BCUT2D eigenvalue weighted by molar-refractivity contribution is -0.136. The minimum atomic E-state index is -1.30. The SMILES string of the molecule is CC(C)(C)c1ccc(COn2c(=O)c(C(=O)NCC(=O)O)c(O)c3ccccc32)cc1.O=C(O)CNC(=O)c1c(O)c2cc(Oc3ccccc3)ccc2n(OCc2ccccc2)c1=O.O=C(O)CNC(=O)c1c(O)c2ccccc2n(OCc2ccc(-c3ccccc3)cc2)c1=O.O=C(O)CNC(=O)c1c(O)c2ccccc2n(OCc2ccc(-c3ncco3)cc2)c1=O. The lowest BCUT2D eigenvalue weighted by Crippen LogP contribution is -2.37. The number of hydrogen-bond acceptors (Lipinski definition) is 23. The second-order valence-electron chi connectivity index (χ2n) is 29.4. The van der Waals surface area contributed by atoms with Gasteiger partial charge in [0.25, 0.3) is 45.9 Å². The van der Waals surface area contributed by atoms with E-state index < -0.39 is 141 Å². The zero-order valence-electron chi connectivity index (χ0n) is 69.2. The van der Waals surface area contributed by atoms with Crippen LogP contribution in [0.25, 0.3) is 66.2 Å². The van der Waals surface area contributed by atoms with Crippen LogP contribution in [0.2, 0.25) is 0 Å². The predicted octanol–water partition coefficient (Wildman–Crippen LogP) is 10.0. The molecule has 662 valence electrons. The summed E-state index contributed by atoms with van der Waals surface area (Å²) >= 11 is 0. The van der Waals surface area contributed by atoms with Crippen LogP contribution in [0.4, 0.5) is 0 Å². The number of rotatable bonds is 28. The molecule has 0 saturated heterocycles. The minimum absolute atomic E-state index is 0.00169. The summed E-state index contributed by atoms with van der Waals surface area (Å²) in [4.78, 5) is 172. The fourth-order valence-corrected chi connectivity index (χ4v) is 13.0. The smallest absolute Gasteiger partial charge is 0.322 e. The first kappa shape index (κ1) is 91.4. The van der Waals surface area contributed by atoms with Crippen molar-refractivity contribution in [3.63, 3.8) is 0 Å². The van der Waals surface area contributed by atoms with Gasteiger partial charge in [0, 0.05) is 27.1 Å². The van der Waals surface area contributed by atoms with Crippen molar-refractivity contribution < 1.29 is 108 Å². The molecular formula is C95H81N9O26. The number of nitrogens with one attached hydrogen (secondary N) is 4. The van der Waals surface area contributed by atoms with E-state index in [1.54, 1.807) is 128 Å².